The topological polar surface area (TPSA) is 59.3 Å². The highest BCUT2D eigenvalue weighted by atomic mass is 32.2. The molecule has 5 heteroatoms. The number of carbonyl (C=O) groups excluding carboxylic acids is 2. The molecule has 0 bridgehead atoms. The van der Waals surface area contributed by atoms with Gasteiger partial charge in [-0.15, -0.1) is 0 Å². The number of rotatable bonds is 1. The van der Waals surface area contributed by atoms with Gasteiger partial charge in [-0.1, -0.05) is 11.8 Å². The quantitative estimate of drug-likeness (QED) is 0.693. The molecule has 13 heavy (non-hydrogen) atoms. The Bertz CT molecular complexity index is 358. The second-order valence-electron chi connectivity index (χ2n) is 2.61. The van der Waals surface area contributed by atoms with E-state index in [-0.39, 0.29) is 11.7 Å². The first-order valence-corrected chi connectivity index (χ1v) is 4.80. The summed E-state index contributed by atoms with van der Waals surface area (Å²) in [6, 6.07) is 1.54. The summed E-state index contributed by atoms with van der Waals surface area (Å²) < 4.78 is 5.16. The molecule has 0 aromatic carbocycles. The molecule has 1 amide bonds. The Balaban J connectivity index is 2.36. The molecule has 0 saturated carbocycles. The summed E-state index contributed by atoms with van der Waals surface area (Å²) in [5, 5.41) is 3.28. The Hall–Kier alpha value is -1.23. The number of carbonyl (C=O) groups is 2. The van der Waals surface area contributed by atoms with Gasteiger partial charge in [0.15, 0.2) is 17.1 Å². The van der Waals surface area contributed by atoms with Gasteiger partial charge >= 0.3 is 0 Å². The van der Waals surface area contributed by atoms with Crippen LogP contribution in [0, 0.1) is 0 Å². The molecule has 0 spiro atoms. The predicted molar refractivity (Wildman–Crippen MR) is 48.1 cm³/mol. The normalized spacial score (nSPS) is 15.8. The van der Waals surface area contributed by atoms with Crippen molar-refractivity contribution in [1.82, 2.24) is 0 Å². The first-order chi connectivity index (χ1) is 6.29. The number of aldehydes is 1. The van der Waals surface area contributed by atoms with E-state index in [1.54, 1.807) is 6.07 Å². The molecule has 2 rings (SSSR count). The molecule has 4 nitrogen and oxygen atoms in total. The van der Waals surface area contributed by atoms with Crippen molar-refractivity contribution in [2.75, 3.05) is 11.1 Å². The first kappa shape index (κ1) is 8.37. The molecule has 0 radical (unpaired) electrons. The zero-order valence-electron chi connectivity index (χ0n) is 6.70. The lowest BCUT2D eigenvalue weighted by molar-refractivity contribution is -0.115. The third-order valence-corrected chi connectivity index (χ3v) is 2.64. The van der Waals surface area contributed by atoms with E-state index in [1.807, 2.05) is 0 Å². The minimum atomic E-state index is -0.0375. The Labute approximate surface area is 78.7 Å². The molecule has 0 saturated heterocycles. The fraction of sp³-hybridized carbons (Fsp3) is 0.250. The Kier molecular flexibility index (Phi) is 2.10. The lowest BCUT2D eigenvalue weighted by Gasteiger charge is -1.95. The van der Waals surface area contributed by atoms with Crippen LogP contribution in [0.3, 0.4) is 0 Å². The van der Waals surface area contributed by atoms with Gasteiger partial charge in [-0.25, -0.2) is 0 Å². The van der Waals surface area contributed by atoms with Gasteiger partial charge in [-0.05, 0) is 0 Å². The standard InChI is InChI=1S/C8H7NO3S/c10-4-5-3-6-8(12-5)13-2-1-7(11)9-6/h3-4H,1-2H2,(H,9,11). The van der Waals surface area contributed by atoms with Crippen LogP contribution in [-0.4, -0.2) is 17.9 Å². The van der Waals surface area contributed by atoms with Crippen molar-refractivity contribution < 1.29 is 14.0 Å². The number of anilines is 1. The van der Waals surface area contributed by atoms with E-state index in [1.165, 1.54) is 11.8 Å². The molecule has 1 aromatic heterocycles. The molecular weight excluding hydrogens is 190 g/mol. The van der Waals surface area contributed by atoms with Crippen LogP contribution in [-0.2, 0) is 4.79 Å². The average Bonchev–Trinajstić information content (AvgIpc) is 2.41. The zero-order valence-corrected chi connectivity index (χ0v) is 7.52. The minimum Gasteiger partial charge on any atom is -0.445 e. The number of thioether (sulfide) groups is 1. The Morgan fingerprint density at radius 2 is 2.46 bits per heavy atom. The van der Waals surface area contributed by atoms with Crippen LogP contribution in [0.4, 0.5) is 5.69 Å². The maximum atomic E-state index is 11.1. The van der Waals surface area contributed by atoms with Crippen molar-refractivity contribution in [3.05, 3.63) is 11.8 Å². The maximum absolute atomic E-state index is 11.1. The Morgan fingerprint density at radius 1 is 1.62 bits per heavy atom. The summed E-state index contributed by atoms with van der Waals surface area (Å²) in [6.45, 7) is 0. The highest BCUT2D eigenvalue weighted by Gasteiger charge is 2.17. The number of amides is 1. The lowest BCUT2D eigenvalue weighted by Crippen LogP contribution is -2.09. The van der Waals surface area contributed by atoms with E-state index < -0.39 is 0 Å². The van der Waals surface area contributed by atoms with Crippen molar-refractivity contribution in [3.8, 4) is 0 Å². The van der Waals surface area contributed by atoms with Crippen LogP contribution < -0.4 is 5.32 Å². The van der Waals surface area contributed by atoms with Crippen molar-refractivity contribution in [2.24, 2.45) is 0 Å². The SMILES string of the molecule is O=Cc1cc2c(o1)SCCC(=O)N2. The minimum absolute atomic E-state index is 0.0375. The third kappa shape index (κ3) is 1.60. The van der Waals surface area contributed by atoms with Crippen molar-refractivity contribution in [3.63, 3.8) is 0 Å². The van der Waals surface area contributed by atoms with E-state index in [0.29, 0.717) is 29.2 Å². The van der Waals surface area contributed by atoms with E-state index in [2.05, 4.69) is 5.32 Å². The number of hydrogen-bond acceptors (Lipinski definition) is 4. The summed E-state index contributed by atoms with van der Waals surface area (Å²) in [6.07, 6.45) is 1.10. The van der Waals surface area contributed by atoms with Crippen LogP contribution in [0.15, 0.2) is 15.6 Å². The summed E-state index contributed by atoms with van der Waals surface area (Å²) in [7, 11) is 0. The number of hydrogen-bond donors (Lipinski definition) is 1. The molecule has 1 aliphatic rings. The highest BCUT2D eigenvalue weighted by molar-refractivity contribution is 7.99. The Morgan fingerprint density at radius 3 is 3.23 bits per heavy atom. The van der Waals surface area contributed by atoms with Crippen LogP contribution in [0.5, 0.6) is 0 Å². The van der Waals surface area contributed by atoms with Crippen LogP contribution in [0.1, 0.15) is 17.0 Å². The van der Waals surface area contributed by atoms with E-state index in [0.717, 1.165) is 0 Å². The molecule has 0 unspecified atom stereocenters. The highest BCUT2D eigenvalue weighted by Crippen LogP contribution is 2.33. The van der Waals surface area contributed by atoms with Gasteiger partial charge in [-0.2, -0.15) is 0 Å². The van der Waals surface area contributed by atoms with Gasteiger partial charge in [0.1, 0.15) is 0 Å². The fourth-order valence-corrected chi connectivity index (χ4v) is 1.99. The molecule has 0 fully saturated rings. The monoisotopic (exact) mass is 197 g/mol. The summed E-state index contributed by atoms with van der Waals surface area (Å²) in [4.78, 5) is 21.5. The second-order valence-corrected chi connectivity index (χ2v) is 3.68. The smallest absolute Gasteiger partial charge is 0.225 e. The number of furan rings is 1. The van der Waals surface area contributed by atoms with Crippen molar-refractivity contribution in [2.45, 2.75) is 11.5 Å². The summed E-state index contributed by atoms with van der Waals surface area (Å²) in [5.41, 5.74) is 0.606. The molecule has 68 valence electrons. The summed E-state index contributed by atoms with van der Waals surface area (Å²) in [5.74, 6) is 0.897. The largest absolute Gasteiger partial charge is 0.445 e. The molecule has 1 N–H and O–H groups in total. The third-order valence-electron chi connectivity index (χ3n) is 1.67. The lowest BCUT2D eigenvalue weighted by atomic mass is 10.4. The van der Waals surface area contributed by atoms with Gasteiger partial charge < -0.3 is 9.73 Å². The molecule has 0 atom stereocenters. The van der Waals surface area contributed by atoms with E-state index in [4.69, 9.17) is 4.42 Å². The predicted octanol–water partition coefficient (Wildman–Crippen LogP) is 1.53. The molecule has 1 aliphatic heterocycles. The van der Waals surface area contributed by atoms with Crippen molar-refractivity contribution >= 4 is 29.6 Å². The van der Waals surface area contributed by atoms with Gasteiger partial charge in [0.25, 0.3) is 0 Å². The first-order valence-electron chi connectivity index (χ1n) is 3.81. The molecule has 1 aromatic rings. The van der Waals surface area contributed by atoms with E-state index in [9.17, 15) is 9.59 Å². The zero-order chi connectivity index (χ0) is 9.26. The van der Waals surface area contributed by atoms with Gasteiger partial charge in [0.05, 0.1) is 5.69 Å². The van der Waals surface area contributed by atoms with Gasteiger partial charge in [0.2, 0.25) is 5.91 Å². The maximum Gasteiger partial charge on any atom is 0.225 e. The molecule has 2 heterocycles. The van der Waals surface area contributed by atoms with Crippen LogP contribution in [0.25, 0.3) is 0 Å². The van der Waals surface area contributed by atoms with Crippen LogP contribution in [0.2, 0.25) is 0 Å². The second kappa shape index (κ2) is 3.26. The molecular formula is C8H7NO3S. The van der Waals surface area contributed by atoms with Gasteiger partial charge in [-0.3, -0.25) is 9.59 Å². The van der Waals surface area contributed by atoms with Crippen LogP contribution >= 0.6 is 11.8 Å². The van der Waals surface area contributed by atoms with E-state index >= 15 is 0 Å². The van der Waals surface area contributed by atoms with Crippen molar-refractivity contribution in [1.29, 1.82) is 0 Å². The number of nitrogens with one attached hydrogen (secondary N) is 1. The number of fused-ring (bicyclic) bond motifs is 1. The average molecular weight is 197 g/mol. The molecule has 0 aliphatic carbocycles. The fourth-order valence-electron chi connectivity index (χ4n) is 1.09. The van der Waals surface area contributed by atoms with Gasteiger partial charge in [0, 0.05) is 18.2 Å². The summed E-state index contributed by atoms with van der Waals surface area (Å²) >= 11 is 1.44.